The standard InChI is InChI=1S/C26H26N2O7/c1-34-18-13-16(12-17(14-18)28(32)33)25(30)24(29)10-11-27-26(31)35-15-23-21-8-4-2-6-19(21)20-7-3-5-9-22(20)23/h2-9,12-14,23-25,29-30H,10-11,15H2,1H3,(H,27,31). The average Bonchev–Trinajstić information content (AvgIpc) is 3.20. The molecule has 3 aromatic carbocycles. The van der Waals surface area contributed by atoms with Crippen molar-refractivity contribution in [1.82, 2.24) is 5.32 Å². The fraction of sp³-hybridized carbons (Fsp3) is 0.269. The van der Waals surface area contributed by atoms with Crippen LogP contribution in [0, 0.1) is 10.1 Å². The van der Waals surface area contributed by atoms with Gasteiger partial charge in [0.15, 0.2) is 0 Å². The number of amides is 1. The molecule has 3 N–H and O–H groups in total. The van der Waals surface area contributed by atoms with Gasteiger partial charge in [0.05, 0.1) is 24.2 Å². The first-order chi connectivity index (χ1) is 16.9. The first kappa shape index (κ1) is 24.2. The molecule has 4 rings (SSSR count). The van der Waals surface area contributed by atoms with E-state index in [0.717, 1.165) is 22.3 Å². The summed E-state index contributed by atoms with van der Waals surface area (Å²) in [6.45, 7) is 0.208. The average molecular weight is 479 g/mol. The summed E-state index contributed by atoms with van der Waals surface area (Å²) in [7, 11) is 1.35. The predicted molar refractivity (Wildman–Crippen MR) is 128 cm³/mol. The van der Waals surface area contributed by atoms with Crippen LogP contribution in [0.15, 0.2) is 66.7 Å². The third-order valence-electron chi connectivity index (χ3n) is 6.12. The van der Waals surface area contributed by atoms with Crippen molar-refractivity contribution in [3.8, 4) is 16.9 Å². The van der Waals surface area contributed by atoms with Crippen molar-refractivity contribution in [2.24, 2.45) is 0 Å². The fourth-order valence-electron chi connectivity index (χ4n) is 4.35. The molecular formula is C26H26N2O7. The van der Waals surface area contributed by atoms with Crippen molar-refractivity contribution >= 4 is 11.8 Å². The Hall–Kier alpha value is -3.95. The van der Waals surface area contributed by atoms with Crippen LogP contribution in [-0.2, 0) is 4.74 Å². The Morgan fingerprint density at radius 1 is 1.06 bits per heavy atom. The van der Waals surface area contributed by atoms with Gasteiger partial charge in [-0.2, -0.15) is 0 Å². The molecule has 2 atom stereocenters. The van der Waals surface area contributed by atoms with Gasteiger partial charge in [-0.15, -0.1) is 0 Å². The summed E-state index contributed by atoms with van der Waals surface area (Å²) >= 11 is 0. The van der Waals surface area contributed by atoms with Gasteiger partial charge in [0.1, 0.15) is 18.5 Å². The molecule has 0 bridgehead atoms. The van der Waals surface area contributed by atoms with Gasteiger partial charge in [0.2, 0.25) is 0 Å². The van der Waals surface area contributed by atoms with Crippen molar-refractivity contribution < 1.29 is 29.4 Å². The van der Waals surface area contributed by atoms with Crippen LogP contribution in [0.1, 0.15) is 35.1 Å². The normalized spacial score (nSPS) is 13.9. The van der Waals surface area contributed by atoms with Gasteiger partial charge in [-0.1, -0.05) is 48.5 Å². The third-order valence-corrected chi connectivity index (χ3v) is 6.12. The molecule has 0 fully saturated rings. The van der Waals surface area contributed by atoms with E-state index >= 15 is 0 Å². The van der Waals surface area contributed by atoms with Gasteiger partial charge in [0.25, 0.3) is 5.69 Å². The number of rotatable bonds is 9. The molecular weight excluding hydrogens is 452 g/mol. The molecule has 0 spiro atoms. The number of ether oxygens (including phenoxy) is 2. The van der Waals surface area contributed by atoms with Crippen LogP contribution < -0.4 is 10.1 Å². The van der Waals surface area contributed by atoms with E-state index in [1.807, 2.05) is 36.4 Å². The molecule has 9 nitrogen and oxygen atoms in total. The van der Waals surface area contributed by atoms with E-state index in [2.05, 4.69) is 17.4 Å². The van der Waals surface area contributed by atoms with E-state index in [-0.39, 0.29) is 42.5 Å². The van der Waals surface area contributed by atoms with Crippen LogP contribution in [0.2, 0.25) is 0 Å². The lowest BCUT2D eigenvalue weighted by Crippen LogP contribution is -2.30. The van der Waals surface area contributed by atoms with E-state index < -0.39 is 23.2 Å². The number of nitro groups is 1. The first-order valence-electron chi connectivity index (χ1n) is 11.2. The van der Waals surface area contributed by atoms with Gasteiger partial charge in [-0.3, -0.25) is 10.1 Å². The molecule has 0 saturated carbocycles. The van der Waals surface area contributed by atoms with E-state index in [0.29, 0.717) is 0 Å². The molecule has 3 aromatic rings. The Kier molecular flexibility index (Phi) is 7.28. The number of carbonyl (C=O) groups excluding carboxylic acids is 1. The molecule has 0 radical (unpaired) electrons. The van der Waals surface area contributed by atoms with Crippen LogP contribution in [0.3, 0.4) is 0 Å². The maximum Gasteiger partial charge on any atom is 0.407 e. The molecule has 1 aliphatic carbocycles. The molecule has 182 valence electrons. The monoisotopic (exact) mass is 478 g/mol. The number of nitrogens with one attached hydrogen (secondary N) is 1. The second kappa shape index (κ2) is 10.5. The highest BCUT2D eigenvalue weighted by Crippen LogP contribution is 2.44. The van der Waals surface area contributed by atoms with E-state index in [1.165, 1.54) is 25.3 Å². The summed E-state index contributed by atoms with van der Waals surface area (Å²) in [6, 6.07) is 19.9. The zero-order chi connectivity index (χ0) is 24.9. The molecule has 1 amide bonds. The molecule has 1 aliphatic rings. The highest BCUT2D eigenvalue weighted by atomic mass is 16.6. The minimum Gasteiger partial charge on any atom is -0.496 e. The lowest BCUT2D eigenvalue weighted by molar-refractivity contribution is -0.385. The van der Waals surface area contributed by atoms with Gasteiger partial charge in [-0.25, -0.2) is 4.79 Å². The maximum absolute atomic E-state index is 12.3. The molecule has 0 aliphatic heterocycles. The van der Waals surface area contributed by atoms with E-state index in [4.69, 9.17) is 9.47 Å². The summed E-state index contributed by atoms with van der Waals surface area (Å²) in [6.07, 6.45) is -3.29. The number of nitro benzene ring substituents is 1. The number of fused-ring (bicyclic) bond motifs is 3. The molecule has 9 heteroatoms. The Morgan fingerprint density at radius 2 is 1.69 bits per heavy atom. The van der Waals surface area contributed by atoms with Crippen molar-refractivity contribution in [2.75, 3.05) is 20.3 Å². The number of hydrogen-bond donors (Lipinski definition) is 3. The lowest BCUT2D eigenvalue weighted by Gasteiger charge is -2.19. The summed E-state index contributed by atoms with van der Waals surface area (Å²) in [4.78, 5) is 22.8. The van der Waals surface area contributed by atoms with Crippen LogP contribution >= 0.6 is 0 Å². The number of nitrogens with zero attached hydrogens (tertiary/aromatic N) is 1. The number of aliphatic hydroxyl groups is 2. The highest BCUT2D eigenvalue weighted by molar-refractivity contribution is 5.79. The minimum atomic E-state index is -1.40. The SMILES string of the molecule is COc1cc(C(O)C(O)CCNC(=O)OCC2c3ccccc3-c3ccccc32)cc([N+](=O)[O-])c1. The Bertz CT molecular complexity index is 1180. The zero-order valence-electron chi connectivity index (χ0n) is 19.1. The number of aliphatic hydroxyl groups excluding tert-OH is 2. The van der Waals surface area contributed by atoms with Crippen molar-refractivity contribution in [2.45, 2.75) is 24.5 Å². The topological polar surface area (TPSA) is 131 Å². The molecule has 0 aromatic heterocycles. The summed E-state index contributed by atoms with van der Waals surface area (Å²) < 4.78 is 10.5. The number of hydrogen-bond acceptors (Lipinski definition) is 7. The highest BCUT2D eigenvalue weighted by Gasteiger charge is 2.29. The first-order valence-corrected chi connectivity index (χ1v) is 11.2. The number of non-ortho nitro benzene ring substituents is 1. The Balaban J connectivity index is 1.30. The second-order valence-corrected chi connectivity index (χ2v) is 8.27. The summed E-state index contributed by atoms with van der Waals surface area (Å²) in [5.41, 5.74) is 4.35. The largest absolute Gasteiger partial charge is 0.496 e. The number of alkyl carbamates (subject to hydrolysis) is 1. The second-order valence-electron chi connectivity index (χ2n) is 8.27. The smallest absolute Gasteiger partial charge is 0.407 e. The molecule has 2 unspecified atom stereocenters. The number of benzene rings is 3. The quantitative estimate of drug-likeness (QED) is 0.314. The van der Waals surface area contributed by atoms with Gasteiger partial charge >= 0.3 is 6.09 Å². The van der Waals surface area contributed by atoms with Crippen molar-refractivity contribution in [3.05, 3.63) is 93.5 Å². The predicted octanol–water partition coefficient (Wildman–Crippen LogP) is 3.93. The molecule has 35 heavy (non-hydrogen) atoms. The molecule has 0 heterocycles. The minimum absolute atomic E-state index is 0.0103. The van der Waals surface area contributed by atoms with E-state index in [9.17, 15) is 25.1 Å². The number of methoxy groups -OCH3 is 1. The lowest BCUT2D eigenvalue weighted by atomic mass is 9.98. The van der Waals surface area contributed by atoms with Crippen LogP contribution in [-0.4, -0.2) is 47.6 Å². The number of carbonyl (C=O) groups is 1. The zero-order valence-corrected chi connectivity index (χ0v) is 19.1. The van der Waals surface area contributed by atoms with Crippen molar-refractivity contribution in [1.29, 1.82) is 0 Å². The Morgan fingerprint density at radius 3 is 2.29 bits per heavy atom. The van der Waals surface area contributed by atoms with Crippen LogP contribution in [0.5, 0.6) is 5.75 Å². The molecule has 0 saturated heterocycles. The van der Waals surface area contributed by atoms with Gasteiger partial charge in [0, 0.05) is 18.5 Å². The van der Waals surface area contributed by atoms with Crippen LogP contribution in [0.25, 0.3) is 11.1 Å². The summed E-state index contributed by atoms with van der Waals surface area (Å²) in [5, 5.41) is 34.5. The van der Waals surface area contributed by atoms with Gasteiger partial charge in [-0.05, 0) is 40.3 Å². The van der Waals surface area contributed by atoms with Crippen LogP contribution in [0.4, 0.5) is 10.5 Å². The van der Waals surface area contributed by atoms with Gasteiger partial charge < -0.3 is 25.0 Å². The van der Waals surface area contributed by atoms with E-state index in [1.54, 1.807) is 0 Å². The fourth-order valence-corrected chi connectivity index (χ4v) is 4.35. The third kappa shape index (κ3) is 5.26. The summed E-state index contributed by atoms with van der Waals surface area (Å²) in [5.74, 6) is 0.127. The maximum atomic E-state index is 12.3. The Labute approximate surface area is 202 Å². The van der Waals surface area contributed by atoms with Crippen molar-refractivity contribution in [3.63, 3.8) is 0 Å².